The molecule has 1 fully saturated rings. The molecule has 0 amide bonds. The van der Waals surface area contributed by atoms with E-state index in [9.17, 15) is 4.39 Å². The minimum absolute atomic E-state index is 0.175. The van der Waals surface area contributed by atoms with Gasteiger partial charge < -0.3 is 20.0 Å². The fraction of sp³-hybridized carbons (Fsp3) is 0.375. The summed E-state index contributed by atoms with van der Waals surface area (Å²) < 4.78 is 19.7. The highest BCUT2D eigenvalue weighted by atomic mass is 35.5. The lowest BCUT2D eigenvalue weighted by Crippen LogP contribution is -2.35. The molecule has 0 radical (unpaired) electrons. The zero-order chi connectivity index (χ0) is 21.4. The molecule has 4 aromatic rings. The van der Waals surface area contributed by atoms with Gasteiger partial charge in [0.05, 0.1) is 5.52 Å². The van der Waals surface area contributed by atoms with Gasteiger partial charge in [-0.2, -0.15) is 0 Å². The van der Waals surface area contributed by atoms with E-state index in [1.165, 1.54) is 11.6 Å². The Labute approximate surface area is 185 Å². The summed E-state index contributed by atoms with van der Waals surface area (Å²) in [4.78, 5) is 11.0. The monoisotopic (exact) mass is 440 g/mol. The lowest BCUT2D eigenvalue weighted by Gasteiger charge is -2.29. The summed E-state index contributed by atoms with van der Waals surface area (Å²) in [5.74, 6) is 1.86. The molecule has 0 unspecified atom stereocenters. The number of ether oxygens (including phenoxy) is 1. The van der Waals surface area contributed by atoms with Crippen LogP contribution >= 0.6 is 11.6 Å². The van der Waals surface area contributed by atoms with Crippen molar-refractivity contribution in [3.63, 3.8) is 0 Å². The van der Waals surface area contributed by atoms with Crippen LogP contribution in [0.4, 0.5) is 4.39 Å². The highest BCUT2D eigenvalue weighted by Gasteiger charge is 2.24. The van der Waals surface area contributed by atoms with E-state index in [4.69, 9.17) is 16.3 Å². The molecule has 0 aliphatic heterocycles. The number of nitrogens with zero attached hydrogens (tertiary/aromatic N) is 1. The molecule has 2 aromatic carbocycles. The number of aromatic nitrogens is 3. The van der Waals surface area contributed by atoms with E-state index in [0.717, 1.165) is 60.0 Å². The van der Waals surface area contributed by atoms with E-state index < -0.39 is 0 Å². The lowest BCUT2D eigenvalue weighted by atomic mass is 9.81. The number of aryl methyl sites for hydroxylation is 1. The smallest absolute Gasteiger partial charge is 0.148 e. The first-order valence-corrected chi connectivity index (χ1v) is 11.2. The van der Waals surface area contributed by atoms with E-state index in [2.05, 4.69) is 26.5 Å². The zero-order valence-electron chi connectivity index (χ0n) is 17.5. The van der Waals surface area contributed by atoms with Crippen LogP contribution in [-0.4, -0.2) is 34.1 Å². The van der Waals surface area contributed by atoms with Gasteiger partial charge in [0.2, 0.25) is 0 Å². The fourth-order valence-electron chi connectivity index (χ4n) is 4.77. The number of hydrogen-bond donors (Lipinski definition) is 3. The number of nitrogens with one attached hydrogen (secondary N) is 3. The lowest BCUT2D eigenvalue weighted by molar-refractivity contribution is 0.284. The zero-order valence-corrected chi connectivity index (χ0v) is 18.2. The van der Waals surface area contributed by atoms with Crippen LogP contribution in [0.2, 0.25) is 5.02 Å². The maximum Gasteiger partial charge on any atom is 0.148 e. The summed E-state index contributed by atoms with van der Waals surface area (Å²) in [6.45, 7) is 3.25. The topological polar surface area (TPSA) is 65.7 Å². The Bertz CT molecular complexity index is 1210. The minimum Gasteiger partial charge on any atom is -0.490 e. The number of halogens is 2. The first kappa shape index (κ1) is 20.3. The Kier molecular flexibility index (Phi) is 5.59. The van der Waals surface area contributed by atoms with Crippen LogP contribution in [0.3, 0.4) is 0 Å². The van der Waals surface area contributed by atoms with Gasteiger partial charge in [-0.1, -0.05) is 11.6 Å². The van der Waals surface area contributed by atoms with E-state index in [-0.39, 0.29) is 5.82 Å². The third kappa shape index (κ3) is 4.27. The van der Waals surface area contributed by atoms with Gasteiger partial charge in [0.25, 0.3) is 0 Å². The van der Waals surface area contributed by atoms with Gasteiger partial charge in [-0.3, -0.25) is 0 Å². The summed E-state index contributed by atoms with van der Waals surface area (Å²) in [6, 6.07) is 9.14. The molecule has 1 saturated carbocycles. The largest absolute Gasteiger partial charge is 0.490 e. The molecule has 7 heteroatoms. The van der Waals surface area contributed by atoms with Crippen molar-refractivity contribution in [1.29, 1.82) is 0 Å². The van der Waals surface area contributed by atoms with Crippen LogP contribution in [0.1, 0.15) is 43.0 Å². The van der Waals surface area contributed by atoms with Crippen LogP contribution in [0.5, 0.6) is 5.75 Å². The fourth-order valence-corrected chi connectivity index (χ4v) is 4.98. The number of hydrogen-bond acceptors (Lipinski definition) is 3. The van der Waals surface area contributed by atoms with Crippen molar-refractivity contribution < 1.29 is 9.13 Å². The summed E-state index contributed by atoms with van der Waals surface area (Å²) in [7, 11) is 0. The highest BCUT2D eigenvalue weighted by molar-refractivity contribution is 6.31. The van der Waals surface area contributed by atoms with E-state index in [0.29, 0.717) is 29.3 Å². The molecule has 5 rings (SSSR count). The predicted octanol–water partition coefficient (Wildman–Crippen LogP) is 5.84. The van der Waals surface area contributed by atoms with Crippen molar-refractivity contribution >= 4 is 33.5 Å². The average Bonchev–Trinajstić information content (AvgIpc) is 3.34. The highest BCUT2D eigenvalue weighted by Crippen LogP contribution is 2.37. The third-order valence-electron chi connectivity index (χ3n) is 6.27. The van der Waals surface area contributed by atoms with Crippen molar-refractivity contribution in [2.75, 3.05) is 13.2 Å². The second-order valence-electron chi connectivity index (χ2n) is 8.41. The standard InChI is InChI=1S/C24H26ClFN4O/c1-14-29-22-10-16(25)11-23(24(22)30-14)31-9-8-27-18-5-2-15(3-6-18)20-13-28-21-7-4-17(26)12-19(20)21/h4,7,10-13,15,18,27-28H,2-3,5-6,8-9H2,1H3,(H,29,30). The number of imidazole rings is 1. The molecular weight excluding hydrogens is 415 g/mol. The molecule has 0 bridgehead atoms. The number of rotatable bonds is 6. The Balaban J connectivity index is 1.13. The molecule has 31 heavy (non-hydrogen) atoms. The second kappa shape index (κ2) is 8.52. The summed E-state index contributed by atoms with van der Waals surface area (Å²) in [5.41, 5.74) is 3.97. The molecule has 2 aromatic heterocycles. The first-order valence-electron chi connectivity index (χ1n) is 10.9. The summed E-state index contributed by atoms with van der Waals surface area (Å²) >= 11 is 6.20. The van der Waals surface area contributed by atoms with Gasteiger partial charge >= 0.3 is 0 Å². The van der Waals surface area contributed by atoms with Gasteiger partial charge in [0.1, 0.15) is 29.5 Å². The van der Waals surface area contributed by atoms with Crippen LogP contribution in [0.15, 0.2) is 36.5 Å². The molecule has 0 atom stereocenters. The second-order valence-corrected chi connectivity index (χ2v) is 8.84. The number of fused-ring (bicyclic) bond motifs is 2. The van der Waals surface area contributed by atoms with Crippen molar-refractivity contribution in [2.45, 2.75) is 44.6 Å². The Morgan fingerprint density at radius 3 is 2.84 bits per heavy atom. The van der Waals surface area contributed by atoms with E-state index >= 15 is 0 Å². The van der Waals surface area contributed by atoms with Crippen LogP contribution < -0.4 is 10.1 Å². The maximum atomic E-state index is 13.7. The van der Waals surface area contributed by atoms with Gasteiger partial charge in [0, 0.05) is 40.8 Å². The summed E-state index contributed by atoms with van der Waals surface area (Å²) in [5, 5.41) is 5.27. The first-order chi connectivity index (χ1) is 15.1. The Hall–Kier alpha value is -2.57. The summed E-state index contributed by atoms with van der Waals surface area (Å²) in [6.07, 6.45) is 6.46. The SMILES string of the molecule is Cc1nc2c(OCCNC3CCC(c4c[nH]c5ccc(F)cc45)CC3)cc(Cl)cc2[nH]1. The third-order valence-corrected chi connectivity index (χ3v) is 6.49. The van der Waals surface area contributed by atoms with Crippen molar-refractivity contribution in [2.24, 2.45) is 0 Å². The minimum atomic E-state index is -0.175. The number of benzene rings is 2. The quantitative estimate of drug-likeness (QED) is 0.330. The molecular formula is C24H26ClFN4O. The van der Waals surface area contributed by atoms with Crippen molar-refractivity contribution in [3.05, 3.63) is 58.8 Å². The molecule has 3 N–H and O–H groups in total. The molecule has 1 aliphatic carbocycles. The molecule has 5 nitrogen and oxygen atoms in total. The normalized spacial score (nSPS) is 19.3. The Morgan fingerprint density at radius 2 is 2.00 bits per heavy atom. The number of H-pyrrole nitrogens is 2. The maximum absolute atomic E-state index is 13.7. The number of aromatic amines is 2. The molecule has 162 valence electrons. The molecule has 2 heterocycles. The van der Waals surface area contributed by atoms with Gasteiger partial charge in [0.15, 0.2) is 0 Å². The van der Waals surface area contributed by atoms with E-state index in [1.807, 2.05) is 25.1 Å². The van der Waals surface area contributed by atoms with Gasteiger partial charge in [-0.15, -0.1) is 0 Å². The van der Waals surface area contributed by atoms with Crippen LogP contribution in [0.25, 0.3) is 21.9 Å². The van der Waals surface area contributed by atoms with E-state index in [1.54, 1.807) is 6.07 Å². The average molecular weight is 441 g/mol. The van der Waals surface area contributed by atoms with Gasteiger partial charge in [-0.05, 0) is 68.4 Å². The molecule has 0 spiro atoms. The predicted molar refractivity (Wildman–Crippen MR) is 123 cm³/mol. The van der Waals surface area contributed by atoms with Crippen molar-refractivity contribution in [1.82, 2.24) is 20.3 Å². The molecule has 0 saturated heterocycles. The van der Waals surface area contributed by atoms with Crippen molar-refractivity contribution in [3.8, 4) is 5.75 Å². The van der Waals surface area contributed by atoms with Crippen LogP contribution in [-0.2, 0) is 0 Å². The van der Waals surface area contributed by atoms with Crippen LogP contribution in [0, 0.1) is 12.7 Å². The Morgan fingerprint density at radius 1 is 1.16 bits per heavy atom. The van der Waals surface area contributed by atoms with Gasteiger partial charge in [-0.25, -0.2) is 9.37 Å². The molecule has 1 aliphatic rings.